The summed E-state index contributed by atoms with van der Waals surface area (Å²) in [6, 6.07) is 21.1. The van der Waals surface area contributed by atoms with E-state index in [2.05, 4.69) is 64.3 Å². The minimum absolute atomic E-state index is 0.193. The van der Waals surface area contributed by atoms with E-state index in [0.29, 0.717) is 0 Å². The number of aryl methyl sites for hydroxylation is 1. The molecule has 0 aliphatic carbocycles. The molecule has 2 aliphatic heterocycles. The Morgan fingerprint density at radius 2 is 1.96 bits per heavy atom. The number of hydrazone groups is 1. The maximum atomic E-state index is 6.38. The number of hydrogen-bond acceptors (Lipinski definition) is 4. The quantitative estimate of drug-likeness (QED) is 0.499. The summed E-state index contributed by atoms with van der Waals surface area (Å²) in [6.07, 6.45) is 0.698. The van der Waals surface area contributed by atoms with Gasteiger partial charge in [0.1, 0.15) is 5.75 Å². The fourth-order valence-corrected chi connectivity index (χ4v) is 4.87. The van der Waals surface area contributed by atoms with Crippen molar-refractivity contribution < 1.29 is 4.74 Å². The largest absolute Gasteiger partial charge is 0.464 e. The number of halogens is 1. The molecule has 3 heterocycles. The van der Waals surface area contributed by atoms with Crippen molar-refractivity contribution >= 4 is 33.0 Å². The smallest absolute Gasteiger partial charge is 0.213 e. The zero-order chi connectivity index (χ0) is 17.7. The van der Waals surface area contributed by atoms with Gasteiger partial charge in [0, 0.05) is 26.9 Å². The number of ether oxygens (including phenoxy) is 1. The van der Waals surface area contributed by atoms with Crippen LogP contribution in [0, 0.1) is 6.92 Å². The Morgan fingerprint density at radius 1 is 1.12 bits per heavy atom. The van der Waals surface area contributed by atoms with Gasteiger partial charge in [-0.3, -0.25) is 0 Å². The van der Waals surface area contributed by atoms with Crippen LogP contribution < -0.4 is 4.74 Å². The van der Waals surface area contributed by atoms with Crippen LogP contribution in [-0.4, -0.2) is 10.7 Å². The summed E-state index contributed by atoms with van der Waals surface area (Å²) in [7, 11) is 0. The second kappa shape index (κ2) is 6.25. The summed E-state index contributed by atoms with van der Waals surface area (Å²) < 4.78 is 7.45. The Kier molecular flexibility index (Phi) is 3.87. The molecule has 0 saturated carbocycles. The molecule has 0 bridgehead atoms. The highest BCUT2D eigenvalue weighted by Crippen LogP contribution is 2.48. The SMILES string of the molecule is Cc1ccc(C2=NN3[C@@H](c4ccccc4)Oc4ccc(Br)cc4[C@@H]3C2)s1. The minimum Gasteiger partial charge on any atom is -0.464 e. The highest BCUT2D eigenvalue weighted by atomic mass is 79.9. The van der Waals surface area contributed by atoms with Gasteiger partial charge in [0.2, 0.25) is 6.23 Å². The molecular formula is C21H17BrN2OS. The van der Waals surface area contributed by atoms with Crippen LogP contribution in [0.2, 0.25) is 0 Å². The van der Waals surface area contributed by atoms with Crippen LogP contribution in [-0.2, 0) is 0 Å². The lowest BCUT2D eigenvalue weighted by Crippen LogP contribution is -2.33. The third-order valence-electron chi connectivity index (χ3n) is 4.86. The van der Waals surface area contributed by atoms with Crippen LogP contribution in [0.5, 0.6) is 5.75 Å². The van der Waals surface area contributed by atoms with Gasteiger partial charge in [-0.2, -0.15) is 5.10 Å². The van der Waals surface area contributed by atoms with Crippen molar-refractivity contribution in [3.8, 4) is 5.75 Å². The number of rotatable bonds is 2. The molecule has 2 atom stereocenters. The van der Waals surface area contributed by atoms with Crippen molar-refractivity contribution in [2.24, 2.45) is 5.10 Å². The average molecular weight is 425 g/mol. The normalized spacial score (nSPS) is 21.0. The third-order valence-corrected chi connectivity index (χ3v) is 6.40. The second-order valence-electron chi connectivity index (χ2n) is 6.62. The maximum absolute atomic E-state index is 6.38. The zero-order valence-electron chi connectivity index (χ0n) is 14.2. The summed E-state index contributed by atoms with van der Waals surface area (Å²) in [4.78, 5) is 2.56. The topological polar surface area (TPSA) is 24.8 Å². The predicted molar refractivity (Wildman–Crippen MR) is 109 cm³/mol. The lowest BCUT2D eigenvalue weighted by Gasteiger charge is -2.38. The van der Waals surface area contributed by atoms with Crippen LogP contribution >= 0.6 is 27.3 Å². The van der Waals surface area contributed by atoms with Crippen molar-refractivity contribution in [2.45, 2.75) is 25.6 Å². The monoisotopic (exact) mass is 424 g/mol. The van der Waals surface area contributed by atoms with Gasteiger partial charge in [-0.05, 0) is 37.3 Å². The molecule has 0 saturated heterocycles. The first-order chi connectivity index (χ1) is 12.7. The Labute approximate surface area is 165 Å². The summed E-state index contributed by atoms with van der Waals surface area (Å²) >= 11 is 5.41. The van der Waals surface area contributed by atoms with E-state index in [1.807, 2.05) is 24.3 Å². The molecule has 5 rings (SSSR count). The Balaban J connectivity index is 1.61. The van der Waals surface area contributed by atoms with Crippen LogP contribution in [0.25, 0.3) is 0 Å². The first-order valence-corrected chi connectivity index (χ1v) is 10.2. The van der Waals surface area contributed by atoms with Gasteiger partial charge in [0.25, 0.3) is 0 Å². The van der Waals surface area contributed by atoms with Gasteiger partial charge in [0.15, 0.2) is 0 Å². The number of thiophene rings is 1. The van der Waals surface area contributed by atoms with E-state index in [1.54, 1.807) is 11.3 Å². The molecule has 0 radical (unpaired) electrons. The van der Waals surface area contributed by atoms with E-state index >= 15 is 0 Å². The van der Waals surface area contributed by atoms with Crippen molar-refractivity contribution in [2.75, 3.05) is 0 Å². The van der Waals surface area contributed by atoms with E-state index in [0.717, 1.165) is 27.9 Å². The summed E-state index contributed by atoms with van der Waals surface area (Å²) in [5.74, 6) is 0.946. The summed E-state index contributed by atoms with van der Waals surface area (Å²) in [5, 5.41) is 7.13. The Morgan fingerprint density at radius 3 is 2.73 bits per heavy atom. The molecule has 3 aromatic rings. The van der Waals surface area contributed by atoms with Crippen molar-refractivity contribution in [1.82, 2.24) is 5.01 Å². The molecule has 0 fully saturated rings. The minimum atomic E-state index is -0.201. The van der Waals surface area contributed by atoms with Crippen LogP contribution in [0.1, 0.15) is 39.6 Å². The van der Waals surface area contributed by atoms with E-state index in [4.69, 9.17) is 9.84 Å². The maximum Gasteiger partial charge on any atom is 0.213 e. The van der Waals surface area contributed by atoms with Crippen LogP contribution in [0.3, 0.4) is 0 Å². The van der Waals surface area contributed by atoms with Gasteiger partial charge in [-0.1, -0.05) is 46.3 Å². The average Bonchev–Trinajstić information content (AvgIpc) is 3.28. The molecule has 130 valence electrons. The Bertz CT molecular complexity index is 998. The standard InChI is InChI=1S/C21H17BrN2OS/c1-13-7-10-20(26-13)17-12-18-16-11-15(22)8-9-19(16)25-21(24(18)23-17)14-5-3-2-4-6-14/h2-11,18,21H,12H2,1H3/t18-,21+/m0/s1. The molecule has 0 N–H and O–H groups in total. The van der Waals surface area contributed by atoms with Gasteiger partial charge >= 0.3 is 0 Å². The van der Waals surface area contributed by atoms with E-state index in [9.17, 15) is 0 Å². The highest BCUT2D eigenvalue weighted by molar-refractivity contribution is 9.10. The number of benzene rings is 2. The van der Waals surface area contributed by atoms with Gasteiger partial charge in [-0.15, -0.1) is 11.3 Å². The fraction of sp³-hybridized carbons (Fsp3) is 0.190. The van der Waals surface area contributed by atoms with Crippen LogP contribution in [0.4, 0.5) is 0 Å². The first kappa shape index (κ1) is 16.1. The number of nitrogens with zero attached hydrogens (tertiary/aromatic N) is 2. The van der Waals surface area contributed by atoms with Crippen LogP contribution in [0.15, 0.2) is 70.2 Å². The zero-order valence-corrected chi connectivity index (χ0v) is 16.6. The molecule has 26 heavy (non-hydrogen) atoms. The predicted octanol–water partition coefficient (Wildman–Crippen LogP) is 6.06. The molecule has 2 aliphatic rings. The number of fused-ring (bicyclic) bond motifs is 3. The first-order valence-electron chi connectivity index (χ1n) is 8.63. The molecule has 5 heteroatoms. The lowest BCUT2D eigenvalue weighted by molar-refractivity contribution is -0.0190. The van der Waals surface area contributed by atoms with Crippen molar-refractivity contribution in [3.05, 3.63) is 86.0 Å². The van der Waals surface area contributed by atoms with E-state index in [-0.39, 0.29) is 12.3 Å². The van der Waals surface area contributed by atoms with Crippen molar-refractivity contribution in [1.29, 1.82) is 0 Å². The second-order valence-corrected chi connectivity index (χ2v) is 8.82. The van der Waals surface area contributed by atoms with Gasteiger partial charge in [-0.25, -0.2) is 5.01 Å². The summed E-state index contributed by atoms with van der Waals surface area (Å²) in [5.41, 5.74) is 3.46. The Hall–Kier alpha value is -2.11. The number of hydrogen-bond donors (Lipinski definition) is 0. The van der Waals surface area contributed by atoms with E-state index in [1.165, 1.54) is 15.3 Å². The van der Waals surface area contributed by atoms with Gasteiger partial charge in [0.05, 0.1) is 16.6 Å². The molecular weight excluding hydrogens is 408 g/mol. The van der Waals surface area contributed by atoms with Gasteiger partial charge < -0.3 is 4.74 Å². The molecule has 0 amide bonds. The molecule has 1 aromatic heterocycles. The molecule has 0 unspecified atom stereocenters. The third kappa shape index (κ3) is 2.66. The molecule has 3 nitrogen and oxygen atoms in total. The van der Waals surface area contributed by atoms with E-state index < -0.39 is 0 Å². The fourth-order valence-electron chi connectivity index (χ4n) is 3.63. The lowest BCUT2D eigenvalue weighted by atomic mass is 9.98. The van der Waals surface area contributed by atoms with Crippen molar-refractivity contribution in [3.63, 3.8) is 0 Å². The molecule has 2 aromatic carbocycles. The highest BCUT2D eigenvalue weighted by Gasteiger charge is 2.41. The summed E-state index contributed by atoms with van der Waals surface area (Å²) in [6.45, 7) is 2.14. The molecule has 0 spiro atoms.